The van der Waals surface area contributed by atoms with Crippen LogP contribution in [0.3, 0.4) is 0 Å². The van der Waals surface area contributed by atoms with Gasteiger partial charge in [-0.3, -0.25) is 4.79 Å². The molecule has 2 nitrogen and oxygen atoms in total. The lowest BCUT2D eigenvalue weighted by Gasteiger charge is -2.09. The third-order valence-corrected chi connectivity index (χ3v) is 3.22. The predicted molar refractivity (Wildman–Crippen MR) is 96.6 cm³/mol. The van der Waals surface area contributed by atoms with E-state index < -0.39 is 0 Å². The smallest absolute Gasteiger partial charge is 0.201 e. The summed E-state index contributed by atoms with van der Waals surface area (Å²) in [7, 11) is 0. The lowest BCUT2D eigenvalue weighted by atomic mass is 9.98. The molecule has 0 amide bonds. The Morgan fingerprint density at radius 3 is 2.61 bits per heavy atom. The molecule has 0 N–H and O–H groups in total. The summed E-state index contributed by atoms with van der Waals surface area (Å²) in [5.74, 6) is 0.400. The molecular weight excluding hydrogens is 291 g/mol. The normalized spacial score (nSPS) is 13.0. The van der Waals surface area contributed by atoms with E-state index in [9.17, 15) is 9.18 Å². The van der Waals surface area contributed by atoms with Crippen molar-refractivity contribution >= 4 is 17.2 Å². The third kappa shape index (κ3) is 4.39. The van der Waals surface area contributed by atoms with Gasteiger partial charge in [-0.25, -0.2) is 4.39 Å². The first-order chi connectivity index (χ1) is 11.1. The van der Waals surface area contributed by atoms with Crippen molar-refractivity contribution in [1.82, 2.24) is 0 Å². The van der Waals surface area contributed by atoms with Crippen LogP contribution in [0, 0.1) is 0 Å². The molecule has 1 heterocycles. The van der Waals surface area contributed by atoms with Crippen molar-refractivity contribution < 1.29 is 8.81 Å². The summed E-state index contributed by atoms with van der Waals surface area (Å²) in [6.45, 7) is 11.2. The SMILES string of the molecule is C=C/C(=C\C=C\F)c1coc(C=C)c(C(/C=C\CC)=C/C)c1=O. The molecule has 0 spiro atoms. The maximum absolute atomic E-state index is 12.9. The van der Waals surface area contributed by atoms with Gasteiger partial charge in [0.05, 0.1) is 17.5 Å². The van der Waals surface area contributed by atoms with Gasteiger partial charge in [-0.15, -0.1) is 0 Å². The van der Waals surface area contributed by atoms with Crippen LogP contribution in [-0.2, 0) is 0 Å². The molecule has 1 rings (SSSR count). The van der Waals surface area contributed by atoms with Crippen molar-refractivity contribution in [2.45, 2.75) is 20.3 Å². The van der Waals surface area contributed by atoms with Crippen molar-refractivity contribution in [2.75, 3.05) is 0 Å². The third-order valence-electron chi connectivity index (χ3n) is 3.22. The topological polar surface area (TPSA) is 30.2 Å². The molecule has 0 saturated carbocycles. The molecule has 0 aromatic carbocycles. The lowest BCUT2D eigenvalue weighted by molar-refractivity contribution is 0.534. The minimum absolute atomic E-state index is 0.210. The van der Waals surface area contributed by atoms with E-state index in [-0.39, 0.29) is 5.43 Å². The monoisotopic (exact) mass is 312 g/mol. The maximum Gasteiger partial charge on any atom is 0.201 e. The van der Waals surface area contributed by atoms with E-state index in [4.69, 9.17) is 4.42 Å². The number of hydrogen-bond donors (Lipinski definition) is 0. The van der Waals surface area contributed by atoms with Crippen LogP contribution in [0.4, 0.5) is 4.39 Å². The Morgan fingerprint density at radius 1 is 1.35 bits per heavy atom. The minimum atomic E-state index is -0.210. The van der Waals surface area contributed by atoms with Crippen LogP contribution in [0.2, 0.25) is 0 Å². The predicted octanol–water partition coefficient (Wildman–Crippen LogP) is 5.70. The second-order valence-corrected chi connectivity index (χ2v) is 4.62. The summed E-state index contributed by atoms with van der Waals surface area (Å²) in [6, 6.07) is 0. The van der Waals surface area contributed by atoms with Gasteiger partial charge in [0.1, 0.15) is 12.0 Å². The molecule has 0 aliphatic rings. The van der Waals surface area contributed by atoms with Gasteiger partial charge >= 0.3 is 0 Å². The second kappa shape index (κ2) is 9.36. The molecule has 0 aliphatic heterocycles. The van der Waals surface area contributed by atoms with Crippen molar-refractivity contribution in [3.8, 4) is 0 Å². The van der Waals surface area contributed by atoms with Gasteiger partial charge in [-0.1, -0.05) is 50.5 Å². The summed E-state index contributed by atoms with van der Waals surface area (Å²) in [5.41, 5.74) is 1.78. The Morgan fingerprint density at radius 2 is 2.09 bits per heavy atom. The molecule has 23 heavy (non-hydrogen) atoms. The van der Waals surface area contributed by atoms with E-state index in [2.05, 4.69) is 13.2 Å². The highest BCUT2D eigenvalue weighted by molar-refractivity contribution is 5.82. The molecule has 0 saturated heterocycles. The molecule has 0 atom stereocenters. The minimum Gasteiger partial charge on any atom is -0.463 e. The lowest BCUT2D eigenvalue weighted by Crippen LogP contribution is -2.14. The molecule has 0 fully saturated rings. The van der Waals surface area contributed by atoms with Crippen molar-refractivity contribution in [3.05, 3.63) is 89.3 Å². The van der Waals surface area contributed by atoms with Gasteiger partial charge < -0.3 is 4.42 Å². The van der Waals surface area contributed by atoms with E-state index in [1.165, 1.54) is 30.6 Å². The summed E-state index contributed by atoms with van der Waals surface area (Å²) < 4.78 is 17.8. The van der Waals surface area contributed by atoms with Crippen LogP contribution >= 0.6 is 0 Å². The largest absolute Gasteiger partial charge is 0.463 e. The van der Waals surface area contributed by atoms with Crippen LogP contribution in [0.25, 0.3) is 17.2 Å². The van der Waals surface area contributed by atoms with E-state index >= 15 is 0 Å². The van der Waals surface area contributed by atoms with Gasteiger partial charge in [-0.2, -0.15) is 0 Å². The van der Waals surface area contributed by atoms with Gasteiger partial charge in [0.15, 0.2) is 0 Å². The Labute approximate surface area is 136 Å². The van der Waals surface area contributed by atoms with Crippen LogP contribution in [0.1, 0.15) is 37.2 Å². The standard InChI is InChI=1S/C20H21FO2/c1-5-9-11-16(7-3)19-18(8-4)23-14-17(20(19)22)15(6-2)12-10-13-21/h6-14H,2,4-5H2,1,3H3/b11-9-,13-10+,15-12+,16-7+. The van der Waals surface area contributed by atoms with E-state index in [0.717, 1.165) is 12.0 Å². The highest BCUT2D eigenvalue weighted by Crippen LogP contribution is 2.22. The fourth-order valence-electron chi connectivity index (χ4n) is 2.08. The van der Waals surface area contributed by atoms with E-state index in [1.807, 2.05) is 32.1 Å². The van der Waals surface area contributed by atoms with Crippen LogP contribution in [0.15, 0.2) is 71.4 Å². The molecule has 3 heteroatoms. The molecule has 0 radical (unpaired) electrons. The first kappa shape index (κ1) is 18.4. The highest BCUT2D eigenvalue weighted by Gasteiger charge is 2.15. The number of halogens is 1. The summed E-state index contributed by atoms with van der Waals surface area (Å²) in [6.07, 6.45) is 13.9. The molecular formula is C20H21FO2. The second-order valence-electron chi connectivity index (χ2n) is 4.62. The summed E-state index contributed by atoms with van der Waals surface area (Å²) in [5, 5.41) is 0. The Balaban J connectivity index is 3.67. The van der Waals surface area contributed by atoms with Crippen molar-refractivity contribution in [1.29, 1.82) is 0 Å². The first-order valence-corrected chi connectivity index (χ1v) is 7.35. The average Bonchev–Trinajstić information content (AvgIpc) is 2.58. The van der Waals surface area contributed by atoms with Crippen molar-refractivity contribution in [2.24, 2.45) is 0 Å². The van der Waals surface area contributed by atoms with Gasteiger partial charge in [0, 0.05) is 0 Å². The van der Waals surface area contributed by atoms with Gasteiger partial charge in [0.25, 0.3) is 0 Å². The molecule has 1 aromatic heterocycles. The summed E-state index contributed by atoms with van der Waals surface area (Å²) >= 11 is 0. The quantitative estimate of drug-likeness (QED) is 0.604. The Hall–Kier alpha value is -2.68. The highest BCUT2D eigenvalue weighted by atomic mass is 19.1. The average molecular weight is 312 g/mol. The fourth-order valence-corrected chi connectivity index (χ4v) is 2.08. The Bertz CT molecular complexity index is 743. The van der Waals surface area contributed by atoms with E-state index in [1.54, 1.807) is 0 Å². The van der Waals surface area contributed by atoms with E-state index in [0.29, 0.717) is 28.8 Å². The zero-order valence-corrected chi connectivity index (χ0v) is 13.5. The zero-order chi connectivity index (χ0) is 17.2. The first-order valence-electron chi connectivity index (χ1n) is 7.35. The Kier molecular flexibility index (Phi) is 7.48. The molecule has 1 aromatic rings. The fraction of sp³-hybridized carbons (Fsp3) is 0.150. The molecule has 0 bridgehead atoms. The van der Waals surface area contributed by atoms with Crippen LogP contribution in [0.5, 0.6) is 0 Å². The van der Waals surface area contributed by atoms with Crippen LogP contribution < -0.4 is 5.43 Å². The summed E-state index contributed by atoms with van der Waals surface area (Å²) in [4.78, 5) is 12.9. The molecule has 120 valence electrons. The number of allylic oxidation sites excluding steroid dienone is 8. The van der Waals surface area contributed by atoms with Gasteiger partial charge in [0.2, 0.25) is 5.43 Å². The van der Waals surface area contributed by atoms with Crippen molar-refractivity contribution in [3.63, 3.8) is 0 Å². The molecule has 0 aliphatic carbocycles. The zero-order valence-electron chi connectivity index (χ0n) is 13.5. The molecule has 0 unspecified atom stereocenters. The maximum atomic E-state index is 12.9. The number of rotatable bonds is 7. The van der Waals surface area contributed by atoms with Gasteiger partial charge in [-0.05, 0) is 36.6 Å². The van der Waals surface area contributed by atoms with Crippen LogP contribution in [-0.4, -0.2) is 0 Å². The number of hydrogen-bond acceptors (Lipinski definition) is 2.